The molecule has 1 saturated heterocycles. The van der Waals surface area contributed by atoms with Crippen LogP contribution in [0.3, 0.4) is 0 Å². The van der Waals surface area contributed by atoms with Crippen molar-refractivity contribution in [1.82, 2.24) is 15.0 Å². The Morgan fingerprint density at radius 3 is 2.52 bits per heavy atom. The fourth-order valence-corrected chi connectivity index (χ4v) is 2.72. The summed E-state index contributed by atoms with van der Waals surface area (Å²) in [5, 5.41) is 0.462. The van der Waals surface area contributed by atoms with Crippen molar-refractivity contribution in [1.29, 1.82) is 0 Å². The highest BCUT2D eigenvalue weighted by Gasteiger charge is 2.17. The Bertz CT molecular complexity index is 659. The third-order valence-electron chi connectivity index (χ3n) is 3.40. The van der Waals surface area contributed by atoms with Crippen molar-refractivity contribution < 1.29 is 4.39 Å². The maximum atomic E-state index is 13.4. The molecule has 0 aliphatic carbocycles. The summed E-state index contributed by atoms with van der Waals surface area (Å²) >= 11 is 12.1. The van der Waals surface area contributed by atoms with Crippen LogP contribution in [-0.2, 0) is 0 Å². The first-order valence-corrected chi connectivity index (χ1v) is 7.51. The Morgan fingerprint density at radius 2 is 1.76 bits per heavy atom. The lowest BCUT2D eigenvalue weighted by molar-refractivity contribution is 0.567. The first-order chi connectivity index (χ1) is 10.1. The predicted molar refractivity (Wildman–Crippen MR) is 81.3 cm³/mol. The quantitative estimate of drug-likeness (QED) is 0.837. The third kappa shape index (κ3) is 3.24. The van der Waals surface area contributed by atoms with E-state index >= 15 is 0 Å². The van der Waals surface area contributed by atoms with Gasteiger partial charge in [0.2, 0.25) is 11.2 Å². The number of aromatic nitrogens is 3. The predicted octanol–water partition coefficient (Wildman–Crippen LogP) is 3.97. The second kappa shape index (κ2) is 6.12. The summed E-state index contributed by atoms with van der Waals surface area (Å²) in [6, 6.07) is 4.07. The molecular weight excluding hydrogens is 314 g/mol. The molecule has 0 bridgehead atoms. The molecule has 0 spiro atoms. The van der Waals surface area contributed by atoms with E-state index in [2.05, 4.69) is 19.9 Å². The Balaban J connectivity index is 2.02. The van der Waals surface area contributed by atoms with Crippen LogP contribution in [0.4, 0.5) is 10.3 Å². The van der Waals surface area contributed by atoms with Crippen LogP contribution in [0.1, 0.15) is 19.3 Å². The van der Waals surface area contributed by atoms with Crippen molar-refractivity contribution in [2.24, 2.45) is 0 Å². The Kier molecular flexibility index (Phi) is 4.22. The molecule has 0 amide bonds. The zero-order valence-electron chi connectivity index (χ0n) is 11.2. The van der Waals surface area contributed by atoms with Crippen LogP contribution in [0.25, 0.3) is 11.4 Å². The lowest BCUT2D eigenvalue weighted by Gasteiger charge is -2.26. The number of hydrogen-bond donors (Lipinski definition) is 0. The molecular formula is C14H13Cl2FN4. The van der Waals surface area contributed by atoms with E-state index in [4.69, 9.17) is 23.2 Å². The highest BCUT2D eigenvalue weighted by atomic mass is 35.5. The topological polar surface area (TPSA) is 41.9 Å². The Labute approximate surface area is 131 Å². The van der Waals surface area contributed by atoms with Gasteiger partial charge in [0.15, 0.2) is 5.82 Å². The smallest absolute Gasteiger partial charge is 0.230 e. The maximum Gasteiger partial charge on any atom is 0.230 e. The van der Waals surface area contributed by atoms with Gasteiger partial charge in [0, 0.05) is 18.7 Å². The number of anilines is 1. The SMILES string of the molecule is Fc1ccc(Cl)c(-c2nc(Cl)nc(N3CCCCC3)n2)c1. The summed E-state index contributed by atoms with van der Waals surface area (Å²) < 4.78 is 13.4. The van der Waals surface area contributed by atoms with Gasteiger partial charge in [0.05, 0.1) is 5.02 Å². The van der Waals surface area contributed by atoms with Gasteiger partial charge in [0.1, 0.15) is 5.82 Å². The van der Waals surface area contributed by atoms with Crippen LogP contribution in [0, 0.1) is 5.82 Å². The minimum Gasteiger partial charge on any atom is -0.341 e. The van der Waals surface area contributed by atoms with E-state index in [1.54, 1.807) is 0 Å². The average Bonchev–Trinajstić information content (AvgIpc) is 2.50. The molecule has 0 saturated carbocycles. The van der Waals surface area contributed by atoms with Gasteiger partial charge in [-0.25, -0.2) is 4.39 Å². The van der Waals surface area contributed by atoms with Crippen molar-refractivity contribution in [3.8, 4) is 11.4 Å². The first-order valence-electron chi connectivity index (χ1n) is 6.75. The molecule has 0 unspecified atom stereocenters. The molecule has 1 aliphatic heterocycles. The molecule has 4 nitrogen and oxygen atoms in total. The van der Waals surface area contributed by atoms with Crippen LogP contribution in [0.15, 0.2) is 18.2 Å². The molecule has 21 heavy (non-hydrogen) atoms. The van der Waals surface area contributed by atoms with Crippen LogP contribution < -0.4 is 4.90 Å². The van der Waals surface area contributed by atoms with Crippen LogP contribution in [-0.4, -0.2) is 28.0 Å². The number of piperidine rings is 1. The van der Waals surface area contributed by atoms with E-state index in [0.717, 1.165) is 25.9 Å². The van der Waals surface area contributed by atoms with E-state index in [1.807, 2.05) is 0 Å². The number of hydrogen-bond acceptors (Lipinski definition) is 4. The maximum absolute atomic E-state index is 13.4. The zero-order valence-corrected chi connectivity index (χ0v) is 12.7. The van der Waals surface area contributed by atoms with Crippen molar-refractivity contribution in [3.05, 3.63) is 34.3 Å². The lowest BCUT2D eigenvalue weighted by atomic mass is 10.1. The molecule has 0 atom stereocenters. The van der Waals surface area contributed by atoms with Gasteiger partial charge >= 0.3 is 0 Å². The normalized spacial score (nSPS) is 15.3. The first kappa shape index (κ1) is 14.5. The van der Waals surface area contributed by atoms with Crippen LogP contribution >= 0.6 is 23.2 Å². The van der Waals surface area contributed by atoms with E-state index in [1.165, 1.54) is 24.6 Å². The van der Waals surface area contributed by atoms with E-state index in [0.29, 0.717) is 22.4 Å². The molecule has 7 heteroatoms. The van der Waals surface area contributed by atoms with Gasteiger partial charge in [0.25, 0.3) is 0 Å². The molecule has 1 aromatic heterocycles. The second-order valence-electron chi connectivity index (χ2n) is 4.90. The monoisotopic (exact) mass is 326 g/mol. The molecule has 1 aliphatic rings. The fraction of sp³-hybridized carbons (Fsp3) is 0.357. The minimum absolute atomic E-state index is 0.0842. The summed E-state index contributed by atoms with van der Waals surface area (Å²) in [5.74, 6) is 0.413. The molecule has 1 fully saturated rings. The molecule has 2 aromatic rings. The van der Waals surface area contributed by atoms with Crippen LogP contribution in [0.2, 0.25) is 10.3 Å². The van der Waals surface area contributed by atoms with Crippen molar-refractivity contribution in [2.75, 3.05) is 18.0 Å². The van der Waals surface area contributed by atoms with Crippen LogP contribution in [0.5, 0.6) is 0 Å². The van der Waals surface area contributed by atoms with Gasteiger partial charge in [-0.2, -0.15) is 15.0 Å². The largest absolute Gasteiger partial charge is 0.341 e. The highest BCUT2D eigenvalue weighted by molar-refractivity contribution is 6.33. The molecule has 110 valence electrons. The van der Waals surface area contributed by atoms with Gasteiger partial charge in [-0.05, 0) is 49.1 Å². The van der Waals surface area contributed by atoms with E-state index < -0.39 is 5.82 Å². The zero-order chi connectivity index (χ0) is 14.8. The minimum atomic E-state index is -0.398. The number of nitrogens with zero attached hydrogens (tertiary/aromatic N) is 4. The molecule has 2 heterocycles. The number of rotatable bonds is 2. The van der Waals surface area contributed by atoms with E-state index in [9.17, 15) is 4.39 Å². The standard InChI is InChI=1S/C14H13Cl2FN4/c15-11-5-4-9(17)8-10(11)12-18-13(16)20-14(19-12)21-6-2-1-3-7-21/h4-5,8H,1-3,6-7H2. The number of benzene rings is 1. The van der Waals surface area contributed by atoms with Gasteiger partial charge in [-0.1, -0.05) is 11.6 Å². The molecule has 3 rings (SSSR count). The Morgan fingerprint density at radius 1 is 1.00 bits per heavy atom. The summed E-state index contributed by atoms with van der Waals surface area (Å²) in [5.41, 5.74) is 0.416. The molecule has 0 radical (unpaired) electrons. The average molecular weight is 327 g/mol. The Hall–Kier alpha value is -1.46. The number of halogens is 3. The fourth-order valence-electron chi connectivity index (χ4n) is 2.36. The van der Waals surface area contributed by atoms with Gasteiger partial charge in [-0.3, -0.25) is 0 Å². The third-order valence-corrected chi connectivity index (χ3v) is 3.90. The van der Waals surface area contributed by atoms with Crippen molar-refractivity contribution in [2.45, 2.75) is 19.3 Å². The van der Waals surface area contributed by atoms with Crippen molar-refractivity contribution >= 4 is 29.2 Å². The lowest BCUT2D eigenvalue weighted by Crippen LogP contribution is -2.31. The van der Waals surface area contributed by atoms with Gasteiger partial charge < -0.3 is 4.90 Å². The van der Waals surface area contributed by atoms with Gasteiger partial charge in [-0.15, -0.1) is 0 Å². The summed E-state index contributed by atoms with van der Waals surface area (Å²) in [6.45, 7) is 1.77. The van der Waals surface area contributed by atoms with Crippen molar-refractivity contribution in [3.63, 3.8) is 0 Å². The molecule has 0 N–H and O–H groups in total. The second-order valence-corrected chi connectivity index (χ2v) is 5.65. The molecule has 1 aromatic carbocycles. The summed E-state index contributed by atoms with van der Waals surface area (Å²) in [6.07, 6.45) is 3.40. The highest BCUT2D eigenvalue weighted by Crippen LogP contribution is 2.28. The van der Waals surface area contributed by atoms with E-state index in [-0.39, 0.29) is 5.28 Å². The summed E-state index contributed by atoms with van der Waals surface area (Å²) in [7, 11) is 0. The summed E-state index contributed by atoms with van der Waals surface area (Å²) in [4.78, 5) is 14.7.